The fraction of sp³-hybridized carbons (Fsp3) is 0.538. The van der Waals surface area contributed by atoms with Crippen LogP contribution >= 0.6 is 11.3 Å². The Labute approximate surface area is 325 Å². The van der Waals surface area contributed by atoms with Crippen molar-refractivity contribution in [3.8, 4) is 23.2 Å². The molecule has 2 aliphatic carbocycles. The Bertz CT molecular complexity index is 2350. The van der Waals surface area contributed by atoms with Crippen LogP contribution in [0.15, 0.2) is 18.2 Å². The summed E-state index contributed by atoms with van der Waals surface area (Å²) in [6.07, 6.45) is -7.53. The van der Waals surface area contributed by atoms with Crippen molar-refractivity contribution in [2.75, 3.05) is 36.9 Å². The van der Waals surface area contributed by atoms with E-state index < -0.39 is 86.0 Å². The first kappa shape index (κ1) is 38.0. The van der Waals surface area contributed by atoms with Crippen molar-refractivity contribution in [3.63, 3.8) is 0 Å². The van der Waals surface area contributed by atoms with Gasteiger partial charge in [-0.05, 0) is 76.1 Å². The van der Waals surface area contributed by atoms with Gasteiger partial charge < -0.3 is 20.3 Å². The number of nitrogens with two attached hydrogens (primary N) is 1. The van der Waals surface area contributed by atoms with Gasteiger partial charge in [0, 0.05) is 53.8 Å². The van der Waals surface area contributed by atoms with Crippen LogP contribution in [0.4, 0.5) is 45.9 Å². The largest absolute Gasteiger partial charge is 0.461 e. The van der Waals surface area contributed by atoms with E-state index >= 15 is 30.7 Å². The van der Waals surface area contributed by atoms with Crippen molar-refractivity contribution >= 4 is 49.1 Å². The van der Waals surface area contributed by atoms with E-state index in [4.69, 9.17) is 10.5 Å². The molecule has 4 atom stereocenters. The summed E-state index contributed by atoms with van der Waals surface area (Å²) in [7, 11) is 0. The van der Waals surface area contributed by atoms with Crippen molar-refractivity contribution in [2.45, 2.75) is 100 Å². The minimum atomic E-state index is -5.50. The number of alkyl halides is 7. The standard InChI is InChI=1S/C39H37F8N7O2S/c1-18-11-22(16-53(18)35(55)19-3-4-19)54(21-5-6-21)34-24-12-26(38(42,43)44)29(23-7-8-27(41)32-28(23)25(14-48)33(49)57-32)30(39(45,46)47)31(24)50-36(51-34)56-17-37-9-2-10-52(37)15-20(40)13-37/h7-8,12,18-22H,2-6,9-11,13,15-17,49H2,1H3/t18-,20+,22-,37-/m0/s1. The van der Waals surface area contributed by atoms with Gasteiger partial charge in [0.2, 0.25) is 5.91 Å². The number of nitriles is 1. The van der Waals surface area contributed by atoms with E-state index in [-0.39, 0.29) is 65.5 Å². The molecule has 3 aliphatic heterocycles. The molecule has 9 nitrogen and oxygen atoms in total. The molecule has 2 N–H and O–H groups in total. The highest BCUT2D eigenvalue weighted by Crippen LogP contribution is 2.53. The van der Waals surface area contributed by atoms with Gasteiger partial charge in [0.05, 0.1) is 38.5 Å². The zero-order valence-corrected chi connectivity index (χ0v) is 31.4. The number of aromatic nitrogens is 2. The minimum Gasteiger partial charge on any atom is -0.461 e. The van der Waals surface area contributed by atoms with Crippen molar-refractivity contribution in [1.29, 1.82) is 5.26 Å². The molecule has 5 heterocycles. The lowest BCUT2D eigenvalue weighted by atomic mass is 9.88. The maximum atomic E-state index is 15.8. The third-order valence-corrected chi connectivity index (χ3v) is 13.3. The first-order chi connectivity index (χ1) is 27.0. The number of nitrogens with zero attached hydrogens (tertiary/aromatic N) is 6. The zero-order valence-electron chi connectivity index (χ0n) is 30.6. The minimum absolute atomic E-state index is 0.0276. The molecule has 5 aliphatic rings. The van der Waals surface area contributed by atoms with Gasteiger partial charge in [-0.1, -0.05) is 6.07 Å². The Balaban J connectivity index is 1.30. The van der Waals surface area contributed by atoms with Crippen LogP contribution in [-0.4, -0.2) is 81.8 Å². The van der Waals surface area contributed by atoms with E-state index in [0.29, 0.717) is 49.6 Å². The molecule has 0 unspecified atom stereocenters. The van der Waals surface area contributed by atoms with Crippen LogP contribution in [-0.2, 0) is 17.1 Å². The van der Waals surface area contributed by atoms with Crippen LogP contribution in [0.1, 0.15) is 75.0 Å². The highest BCUT2D eigenvalue weighted by atomic mass is 32.1. The van der Waals surface area contributed by atoms with E-state index in [1.807, 2.05) is 11.8 Å². The van der Waals surface area contributed by atoms with E-state index in [1.54, 1.807) is 15.9 Å². The third-order valence-electron chi connectivity index (χ3n) is 12.3. The SMILES string of the molecule is C[C@H]1C[C@H](N(c2nc(OC[C@@]34CCCN3C[C@H](F)C4)nc3c(C(F)(F)F)c(-c4ccc(F)c5sc(N)c(C#N)c45)c(C(F)(F)F)cc23)C2CC2)CN1C(=O)C1CC1. The summed E-state index contributed by atoms with van der Waals surface area (Å²) in [6.45, 7) is 2.68. The van der Waals surface area contributed by atoms with Gasteiger partial charge in [-0.3, -0.25) is 9.69 Å². The lowest BCUT2D eigenvalue weighted by Crippen LogP contribution is -2.44. The molecule has 302 valence electrons. The number of nitrogen functional groups attached to an aromatic ring is 1. The third kappa shape index (κ3) is 6.39. The molecule has 1 amide bonds. The summed E-state index contributed by atoms with van der Waals surface area (Å²) < 4.78 is 129. The van der Waals surface area contributed by atoms with Crippen LogP contribution in [0.25, 0.3) is 32.1 Å². The number of carbonyl (C=O) groups excluding carboxylic acids is 1. The average Bonchev–Trinajstić information content (AvgIpc) is 4.03. The lowest BCUT2D eigenvalue weighted by molar-refractivity contribution is -0.141. The summed E-state index contributed by atoms with van der Waals surface area (Å²) in [5, 5.41) is 8.65. The quantitative estimate of drug-likeness (QED) is 0.177. The fourth-order valence-corrected chi connectivity index (χ4v) is 10.4. The zero-order chi connectivity index (χ0) is 40.3. The molecule has 2 aromatic heterocycles. The maximum absolute atomic E-state index is 15.8. The Morgan fingerprint density at radius 3 is 2.53 bits per heavy atom. The number of hydrogen-bond donors (Lipinski definition) is 1. The van der Waals surface area contributed by atoms with Crippen molar-refractivity contribution < 1.29 is 44.7 Å². The summed E-state index contributed by atoms with van der Waals surface area (Å²) in [5.74, 6) is -1.30. The molecule has 57 heavy (non-hydrogen) atoms. The van der Waals surface area contributed by atoms with Crippen LogP contribution in [0.3, 0.4) is 0 Å². The van der Waals surface area contributed by atoms with Gasteiger partial charge >= 0.3 is 18.4 Å². The number of amides is 1. The summed E-state index contributed by atoms with van der Waals surface area (Å²) in [6, 6.07) is 2.29. The van der Waals surface area contributed by atoms with E-state index in [2.05, 4.69) is 9.97 Å². The second kappa shape index (κ2) is 13.3. The van der Waals surface area contributed by atoms with E-state index in [0.717, 1.165) is 31.4 Å². The molecule has 9 rings (SSSR count). The number of halogens is 8. The lowest BCUT2D eigenvalue weighted by Gasteiger charge is -2.33. The summed E-state index contributed by atoms with van der Waals surface area (Å²) in [5.41, 5.74) is -1.64. The van der Waals surface area contributed by atoms with Crippen LogP contribution in [0.5, 0.6) is 6.01 Å². The number of ether oxygens (including phenoxy) is 1. The first-order valence-corrected chi connectivity index (χ1v) is 19.9. The Morgan fingerprint density at radius 2 is 1.86 bits per heavy atom. The smallest absolute Gasteiger partial charge is 0.419 e. The normalized spacial score (nSPS) is 25.4. The predicted octanol–water partition coefficient (Wildman–Crippen LogP) is 8.47. The van der Waals surface area contributed by atoms with Crippen molar-refractivity contribution in [3.05, 3.63) is 40.7 Å². The predicted molar refractivity (Wildman–Crippen MR) is 196 cm³/mol. The fourth-order valence-electron chi connectivity index (χ4n) is 9.50. The van der Waals surface area contributed by atoms with Gasteiger partial charge in [-0.15, -0.1) is 11.3 Å². The Kier molecular flexibility index (Phi) is 8.85. The summed E-state index contributed by atoms with van der Waals surface area (Å²) in [4.78, 5) is 27.5. The highest BCUT2D eigenvalue weighted by molar-refractivity contribution is 7.23. The second-order valence-corrected chi connectivity index (χ2v) is 17.2. The first-order valence-electron chi connectivity index (χ1n) is 19.0. The van der Waals surface area contributed by atoms with Gasteiger partial charge in [-0.25, -0.2) is 8.78 Å². The Morgan fingerprint density at radius 1 is 1.11 bits per heavy atom. The number of rotatable bonds is 8. The van der Waals surface area contributed by atoms with Crippen LogP contribution in [0, 0.1) is 23.1 Å². The molecule has 2 aromatic carbocycles. The topological polar surface area (TPSA) is 112 Å². The van der Waals surface area contributed by atoms with Crippen molar-refractivity contribution in [2.24, 2.45) is 5.92 Å². The molecule has 0 bridgehead atoms. The van der Waals surface area contributed by atoms with Gasteiger partial charge in [0.15, 0.2) is 0 Å². The second-order valence-electron chi connectivity index (χ2n) is 16.2. The molecule has 0 spiro atoms. The molecular formula is C39H37F8N7O2S. The molecular weight excluding hydrogens is 783 g/mol. The van der Waals surface area contributed by atoms with Gasteiger partial charge in [0.1, 0.15) is 35.5 Å². The molecule has 5 fully saturated rings. The molecule has 3 saturated heterocycles. The Hall–Kier alpha value is -4.50. The van der Waals surface area contributed by atoms with Crippen LogP contribution in [0.2, 0.25) is 0 Å². The van der Waals surface area contributed by atoms with Gasteiger partial charge in [0.25, 0.3) is 0 Å². The molecule has 18 heteroatoms. The maximum Gasteiger partial charge on any atom is 0.419 e. The number of carbonyl (C=O) groups is 1. The summed E-state index contributed by atoms with van der Waals surface area (Å²) >= 11 is 0.543. The number of fused-ring (bicyclic) bond motifs is 3. The van der Waals surface area contributed by atoms with Crippen molar-refractivity contribution in [1.82, 2.24) is 19.8 Å². The van der Waals surface area contributed by atoms with Gasteiger partial charge in [-0.2, -0.15) is 41.6 Å². The number of benzene rings is 2. The van der Waals surface area contributed by atoms with Crippen LogP contribution < -0.4 is 15.4 Å². The molecule has 4 aromatic rings. The number of hydrogen-bond acceptors (Lipinski definition) is 9. The monoisotopic (exact) mass is 819 g/mol. The highest BCUT2D eigenvalue weighted by Gasteiger charge is 2.51. The average molecular weight is 820 g/mol. The number of anilines is 2. The molecule has 2 saturated carbocycles. The molecule has 0 radical (unpaired) electrons. The number of likely N-dealkylation sites (tertiary alicyclic amines) is 1. The van der Waals surface area contributed by atoms with E-state index in [1.165, 1.54) is 0 Å². The number of thiophene rings is 1. The van der Waals surface area contributed by atoms with E-state index in [9.17, 15) is 14.4 Å².